The largest absolute Gasteiger partial charge is 0.357 e. The predicted molar refractivity (Wildman–Crippen MR) is 85.5 cm³/mol. The molecule has 0 saturated heterocycles. The highest BCUT2D eigenvalue weighted by molar-refractivity contribution is 5.86. The Kier molecular flexibility index (Phi) is 2.33. The van der Waals surface area contributed by atoms with Crippen molar-refractivity contribution in [2.24, 2.45) is 0 Å². The van der Waals surface area contributed by atoms with E-state index in [0.29, 0.717) is 12.0 Å². The molecule has 1 aromatic heterocycles. The minimum Gasteiger partial charge on any atom is -0.357 e. The summed E-state index contributed by atoms with van der Waals surface area (Å²) >= 11 is 0. The Labute approximate surface area is 124 Å². The van der Waals surface area contributed by atoms with E-state index in [-0.39, 0.29) is 0 Å². The van der Waals surface area contributed by atoms with E-state index in [1.807, 2.05) is 0 Å². The van der Waals surface area contributed by atoms with Gasteiger partial charge in [-0.3, -0.25) is 0 Å². The van der Waals surface area contributed by atoms with Crippen LogP contribution in [0.5, 0.6) is 0 Å². The average Bonchev–Trinajstić information content (AvgIpc) is 2.93. The molecular weight excluding hydrogens is 256 g/mol. The molecule has 1 aliphatic heterocycles. The number of aromatic amines is 1. The summed E-state index contributed by atoms with van der Waals surface area (Å²) < 4.78 is 0. The van der Waals surface area contributed by atoms with Crippen LogP contribution in [0.25, 0.3) is 10.9 Å². The maximum atomic E-state index is 3.75. The zero-order valence-corrected chi connectivity index (χ0v) is 11.9. The van der Waals surface area contributed by atoms with Crippen LogP contribution in [0.4, 0.5) is 0 Å². The first-order chi connectivity index (χ1) is 10.4. The minimum atomic E-state index is 0.495. The van der Waals surface area contributed by atoms with Gasteiger partial charge >= 0.3 is 0 Å². The molecule has 2 N–H and O–H groups in total. The molecule has 21 heavy (non-hydrogen) atoms. The Hall–Kier alpha value is -2.06. The summed E-state index contributed by atoms with van der Waals surface area (Å²) in [6.07, 6.45) is 2.43. The lowest BCUT2D eigenvalue weighted by atomic mass is 9.73. The lowest BCUT2D eigenvalue weighted by Gasteiger charge is -2.38. The number of H-pyrrole nitrogens is 1. The van der Waals surface area contributed by atoms with Crippen molar-refractivity contribution in [1.82, 2.24) is 10.3 Å². The van der Waals surface area contributed by atoms with E-state index in [0.717, 1.165) is 6.54 Å². The molecule has 2 heterocycles. The lowest BCUT2D eigenvalue weighted by molar-refractivity contribution is 0.393. The van der Waals surface area contributed by atoms with Gasteiger partial charge in [0.2, 0.25) is 0 Å². The van der Waals surface area contributed by atoms with E-state index in [1.165, 1.54) is 46.1 Å². The topological polar surface area (TPSA) is 27.8 Å². The Morgan fingerprint density at radius 3 is 2.81 bits per heavy atom. The molecule has 5 rings (SSSR count). The van der Waals surface area contributed by atoms with Crippen molar-refractivity contribution in [3.05, 3.63) is 70.9 Å². The molecule has 0 saturated carbocycles. The molecule has 2 atom stereocenters. The number of para-hydroxylation sites is 1. The summed E-state index contributed by atoms with van der Waals surface area (Å²) in [5.41, 5.74) is 7.22. The standard InChI is InChI=1S/C19H18N2/c1-2-6-13-12(5-1)9-10-16-18(13)19-14-7-3-4-8-15(14)21-17(19)11-20-16/h1-8,16,18,20-21H,9-11H2/t16-,18-/m0/s1. The van der Waals surface area contributed by atoms with Gasteiger partial charge in [-0.15, -0.1) is 0 Å². The van der Waals surface area contributed by atoms with Crippen molar-refractivity contribution in [2.75, 3.05) is 0 Å². The molecular formula is C19H18N2. The summed E-state index contributed by atoms with van der Waals surface area (Å²) in [6, 6.07) is 18.3. The highest BCUT2D eigenvalue weighted by atomic mass is 15.0. The van der Waals surface area contributed by atoms with Crippen LogP contribution in [0.1, 0.15) is 34.7 Å². The maximum Gasteiger partial charge on any atom is 0.0459 e. The predicted octanol–water partition coefficient (Wildman–Crippen LogP) is 3.72. The lowest BCUT2D eigenvalue weighted by Crippen LogP contribution is -2.42. The molecule has 3 aromatic rings. The van der Waals surface area contributed by atoms with Crippen molar-refractivity contribution in [3.63, 3.8) is 0 Å². The molecule has 104 valence electrons. The van der Waals surface area contributed by atoms with Gasteiger partial charge in [0.25, 0.3) is 0 Å². The summed E-state index contributed by atoms with van der Waals surface area (Å²) in [4.78, 5) is 3.62. The van der Waals surface area contributed by atoms with Gasteiger partial charge in [-0.25, -0.2) is 0 Å². The fourth-order valence-corrected chi connectivity index (χ4v) is 4.28. The van der Waals surface area contributed by atoms with Crippen molar-refractivity contribution >= 4 is 10.9 Å². The van der Waals surface area contributed by atoms with Crippen molar-refractivity contribution < 1.29 is 0 Å². The third-order valence-corrected chi connectivity index (χ3v) is 5.20. The molecule has 0 unspecified atom stereocenters. The van der Waals surface area contributed by atoms with E-state index in [1.54, 1.807) is 0 Å². The third kappa shape index (κ3) is 1.57. The summed E-state index contributed by atoms with van der Waals surface area (Å²) in [5, 5.41) is 5.15. The van der Waals surface area contributed by atoms with Crippen LogP contribution in [0, 0.1) is 0 Å². The fraction of sp³-hybridized carbons (Fsp3) is 0.263. The van der Waals surface area contributed by atoms with E-state index < -0.39 is 0 Å². The zero-order valence-electron chi connectivity index (χ0n) is 11.9. The van der Waals surface area contributed by atoms with Crippen molar-refractivity contribution in [1.29, 1.82) is 0 Å². The Morgan fingerprint density at radius 2 is 1.81 bits per heavy atom. The number of benzene rings is 2. The molecule has 1 aliphatic carbocycles. The number of rotatable bonds is 0. The first kappa shape index (κ1) is 11.6. The van der Waals surface area contributed by atoms with Gasteiger partial charge in [-0.1, -0.05) is 42.5 Å². The van der Waals surface area contributed by atoms with Crippen molar-refractivity contribution in [2.45, 2.75) is 31.3 Å². The van der Waals surface area contributed by atoms with E-state index in [4.69, 9.17) is 0 Å². The van der Waals surface area contributed by atoms with Crippen LogP contribution in [0.3, 0.4) is 0 Å². The maximum absolute atomic E-state index is 3.75. The van der Waals surface area contributed by atoms with Crippen LogP contribution >= 0.6 is 0 Å². The SMILES string of the molecule is c1ccc2c(c1)CC[C@@H]1NCc3[nH]c4ccccc4c3[C@@H]21. The monoisotopic (exact) mass is 274 g/mol. The van der Waals surface area contributed by atoms with Gasteiger partial charge < -0.3 is 10.3 Å². The highest BCUT2D eigenvalue weighted by Crippen LogP contribution is 2.43. The molecule has 0 radical (unpaired) electrons. The molecule has 2 heteroatoms. The second kappa shape index (κ2) is 4.22. The van der Waals surface area contributed by atoms with E-state index in [9.17, 15) is 0 Å². The van der Waals surface area contributed by atoms with Crippen LogP contribution in [0.2, 0.25) is 0 Å². The fourth-order valence-electron chi connectivity index (χ4n) is 4.28. The Balaban J connectivity index is 1.81. The third-order valence-electron chi connectivity index (χ3n) is 5.20. The van der Waals surface area contributed by atoms with Gasteiger partial charge in [0.15, 0.2) is 0 Å². The first-order valence-corrected chi connectivity index (χ1v) is 7.82. The number of nitrogens with one attached hydrogen (secondary N) is 2. The second-order valence-corrected chi connectivity index (χ2v) is 6.27. The van der Waals surface area contributed by atoms with Gasteiger partial charge in [-0.2, -0.15) is 0 Å². The molecule has 2 nitrogen and oxygen atoms in total. The molecule has 0 fully saturated rings. The van der Waals surface area contributed by atoms with Gasteiger partial charge in [0.05, 0.1) is 0 Å². The molecule has 0 bridgehead atoms. The highest BCUT2D eigenvalue weighted by Gasteiger charge is 2.36. The number of hydrogen-bond donors (Lipinski definition) is 2. The van der Waals surface area contributed by atoms with Crippen LogP contribution < -0.4 is 5.32 Å². The molecule has 0 amide bonds. The number of hydrogen-bond acceptors (Lipinski definition) is 1. The second-order valence-electron chi connectivity index (χ2n) is 6.27. The Morgan fingerprint density at radius 1 is 0.952 bits per heavy atom. The zero-order chi connectivity index (χ0) is 13.8. The van der Waals surface area contributed by atoms with Gasteiger partial charge in [-0.05, 0) is 35.6 Å². The number of fused-ring (bicyclic) bond motifs is 7. The summed E-state index contributed by atoms with van der Waals surface area (Å²) in [5.74, 6) is 0.495. The van der Waals surface area contributed by atoms with Gasteiger partial charge in [0.1, 0.15) is 0 Å². The molecule has 2 aromatic carbocycles. The van der Waals surface area contributed by atoms with E-state index >= 15 is 0 Å². The molecule has 0 spiro atoms. The van der Waals surface area contributed by atoms with E-state index in [2.05, 4.69) is 58.8 Å². The quantitative estimate of drug-likeness (QED) is 0.642. The number of aromatic nitrogens is 1. The normalized spacial score (nSPS) is 23.4. The smallest absolute Gasteiger partial charge is 0.0459 e. The first-order valence-electron chi connectivity index (χ1n) is 7.82. The number of aryl methyl sites for hydroxylation is 1. The van der Waals surface area contributed by atoms with Gasteiger partial charge in [0, 0.05) is 35.1 Å². The Bertz CT molecular complexity index is 830. The van der Waals surface area contributed by atoms with Crippen LogP contribution in [0.15, 0.2) is 48.5 Å². The van der Waals surface area contributed by atoms with Crippen LogP contribution in [-0.4, -0.2) is 11.0 Å². The minimum absolute atomic E-state index is 0.495. The molecule has 2 aliphatic rings. The van der Waals surface area contributed by atoms with Crippen molar-refractivity contribution in [3.8, 4) is 0 Å². The average molecular weight is 274 g/mol. The summed E-state index contributed by atoms with van der Waals surface area (Å²) in [7, 11) is 0. The summed E-state index contributed by atoms with van der Waals surface area (Å²) in [6.45, 7) is 0.966. The van der Waals surface area contributed by atoms with Crippen LogP contribution in [-0.2, 0) is 13.0 Å².